The number of carbonyl (C=O) groups excluding carboxylic acids is 3. The molecule has 1 unspecified atom stereocenters. The second-order valence-electron chi connectivity index (χ2n) is 8.62. The lowest BCUT2D eigenvalue weighted by Gasteiger charge is -2.39. The van der Waals surface area contributed by atoms with E-state index in [-0.39, 0.29) is 43.6 Å². The number of aliphatic hydroxyl groups is 1. The van der Waals surface area contributed by atoms with Gasteiger partial charge in [-0.25, -0.2) is 4.57 Å². The third-order valence-corrected chi connectivity index (χ3v) is 7.07. The van der Waals surface area contributed by atoms with Crippen LogP contribution in [-0.4, -0.2) is 59.7 Å². The number of amides is 2. The molecule has 190 valence electrons. The Morgan fingerprint density at radius 3 is 2.62 bits per heavy atom. The van der Waals surface area contributed by atoms with Gasteiger partial charge in [0.15, 0.2) is 11.2 Å². The summed E-state index contributed by atoms with van der Waals surface area (Å²) in [6, 6.07) is 9.11. The Balaban J connectivity index is 1.74. The monoisotopic (exact) mass is 516 g/mol. The van der Waals surface area contributed by atoms with Crippen LogP contribution in [0.25, 0.3) is 0 Å². The fraction of sp³-hybridized carbons (Fsp3) is 0.591. The van der Waals surface area contributed by atoms with Gasteiger partial charge in [-0.2, -0.15) is 0 Å². The van der Waals surface area contributed by atoms with Crippen LogP contribution in [0.1, 0.15) is 39.2 Å². The summed E-state index contributed by atoms with van der Waals surface area (Å²) in [7, 11) is -3.94. The normalized spacial score (nSPS) is 22.5. The smallest absolute Gasteiger partial charge is 0.393 e. The molecule has 3 atom stereocenters. The Labute approximate surface area is 204 Å². The lowest BCUT2D eigenvalue weighted by molar-refractivity contribution is -0.141. The van der Waals surface area contributed by atoms with E-state index in [0.29, 0.717) is 12.3 Å². The minimum atomic E-state index is -3.94. The molecule has 1 aromatic carbocycles. The minimum absolute atomic E-state index is 0.00306. The second kappa shape index (κ2) is 13.4. The number of thioether (sulfide) groups is 1. The van der Waals surface area contributed by atoms with E-state index >= 15 is 0 Å². The third kappa shape index (κ3) is 9.85. The molecule has 1 fully saturated rings. The Kier molecular flexibility index (Phi) is 11.2. The predicted octanol–water partition coefficient (Wildman–Crippen LogP) is 2.41. The van der Waals surface area contributed by atoms with E-state index in [4.69, 9.17) is 18.7 Å². The number of aliphatic hydroxyl groups excluding tert-OH is 1. The molecule has 0 spiro atoms. The van der Waals surface area contributed by atoms with Crippen LogP contribution in [0.2, 0.25) is 0 Å². The highest BCUT2D eigenvalue weighted by atomic mass is 32.2. The fourth-order valence-electron chi connectivity index (χ4n) is 2.96. The molecule has 12 heteroatoms. The van der Waals surface area contributed by atoms with Crippen LogP contribution >= 0.6 is 19.6 Å². The molecule has 0 radical (unpaired) electrons. The summed E-state index contributed by atoms with van der Waals surface area (Å²) in [4.78, 5) is 36.2. The highest BCUT2D eigenvalue weighted by Gasteiger charge is 2.49. The number of rotatable bonds is 12. The van der Waals surface area contributed by atoms with Crippen LogP contribution < -0.4 is 10.6 Å². The molecular formula is C22H33N2O8PS. The first-order valence-corrected chi connectivity index (χ1v) is 13.4. The van der Waals surface area contributed by atoms with Gasteiger partial charge < -0.3 is 15.7 Å². The number of phosphoric ester groups is 1. The Morgan fingerprint density at radius 2 is 1.94 bits per heavy atom. The highest BCUT2D eigenvalue weighted by Crippen LogP contribution is 2.57. The van der Waals surface area contributed by atoms with E-state index in [1.54, 1.807) is 26.0 Å². The van der Waals surface area contributed by atoms with Crippen molar-refractivity contribution in [2.75, 3.05) is 25.4 Å². The van der Waals surface area contributed by atoms with Crippen molar-refractivity contribution in [3.05, 3.63) is 35.9 Å². The lowest BCUT2D eigenvalue weighted by Crippen LogP contribution is -2.50. The molecule has 34 heavy (non-hydrogen) atoms. The number of hydrogen-bond donors (Lipinski definition) is 3. The first kappa shape index (κ1) is 28.5. The van der Waals surface area contributed by atoms with Gasteiger partial charge in [-0.3, -0.25) is 28.0 Å². The second-order valence-corrected chi connectivity index (χ2v) is 11.4. The number of carbonyl (C=O) groups is 3. The molecule has 0 aromatic heterocycles. The predicted molar refractivity (Wildman–Crippen MR) is 128 cm³/mol. The highest BCUT2D eigenvalue weighted by molar-refractivity contribution is 8.13. The van der Waals surface area contributed by atoms with Crippen LogP contribution in [0.4, 0.5) is 0 Å². The van der Waals surface area contributed by atoms with Crippen molar-refractivity contribution in [1.82, 2.24) is 10.6 Å². The maximum atomic E-state index is 12.9. The van der Waals surface area contributed by atoms with E-state index in [1.165, 1.54) is 6.92 Å². The van der Waals surface area contributed by atoms with Gasteiger partial charge in [-0.15, -0.1) is 0 Å². The molecule has 0 aliphatic carbocycles. The summed E-state index contributed by atoms with van der Waals surface area (Å²) in [6.07, 6.45) is -1.67. The Hall–Kier alpha value is -1.75. The van der Waals surface area contributed by atoms with Crippen molar-refractivity contribution in [2.24, 2.45) is 5.41 Å². The summed E-state index contributed by atoms with van der Waals surface area (Å²) >= 11 is 1.05. The van der Waals surface area contributed by atoms with Crippen molar-refractivity contribution < 1.29 is 37.6 Å². The average molecular weight is 517 g/mol. The van der Waals surface area contributed by atoms with Gasteiger partial charge in [0.25, 0.3) is 0 Å². The third-order valence-electron chi connectivity index (χ3n) is 4.81. The summed E-state index contributed by atoms with van der Waals surface area (Å²) in [6.45, 7) is 5.41. The molecule has 1 aliphatic heterocycles. The van der Waals surface area contributed by atoms with E-state index < -0.39 is 31.4 Å². The van der Waals surface area contributed by atoms with Crippen LogP contribution in [0.5, 0.6) is 0 Å². The molecule has 10 nitrogen and oxygen atoms in total. The first-order chi connectivity index (χ1) is 16.0. The molecule has 2 amide bonds. The van der Waals surface area contributed by atoms with Crippen LogP contribution in [0, 0.1) is 5.41 Å². The number of nitrogens with one attached hydrogen (secondary N) is 2. The summed E-state index contributed by atoms with van der Waals surface area (Å²) in [5, 5.41) is 14.3. The average Bonchev–Trinajstić information content (AvgIpc) is 2.77. The zero-order valence-corrected chi connectivity index (χ0v) is 21.4. The molecule has 1 aromatic rings. The van der Waals surface area contributed by atoms with Gasteiger partial charge in [0.2, 0.25) is 11.8 Å². The largest absolute Gasteiger partial charge is 0.475 e. The molecule has 1 heterocycles. The van der Waals surface area contributed by atoms with E-state index in [0.717, 1.165) is 17.3 Å². The van der Waals surface area contributed by atoms with Gasteiger partial charge in [0, 0.05) is 37.1 Å². The number of phosphoric acid groups is 1. The molecule has 0 saturated carbocycles. The molecule has 2 rings (SSSR count). The zero-order chi connectivity index (χ0) is 25.2. The van der Waals surface area contributed by atoms with Gasteiger partial charge in [0.05, 0.1) is 19.3 Å². The van der Waals surface area contributed by atoms with Crippen molar-refractivity contribution in [3.63, 3.8) is 0 Å². The van der Waals surface area contributed by atoms with E-state index in [1.807, 2.05) is 18.2 Å². The van der Waals surface area contributed by atoms with Crippen molar-refractivity contribution in [3.8, 4) is 0 Å². The quantitative estimate of drug-likeness (QED) is 0.282. The lowest BCUT2D eigenvalue weighted by atomic mass is 9.87. The molecule has 1 aliphatic rings. The fourth-order valence-corrected chi connectivity index (χ4v) is 5.38. The van der Waals surface area contributed by atoms with Crippen LogP contribution in [0.3, 0.4) is 0 Å². The van der Waals surface area contributed by atoms with E-state index in [9.17, 15) is 18.9 Å². The topological polar surface area (TPSA) is 140 Å². The Morgan fingerprint density at radius 1 is 1.24 bits per heavy atom. The van der Waals surface area contributed by atoms with Crippen molar-refractivity contribution in [1.29, 1.82) is 0 Å². The summed E-state index contributed by atoms with van der Waals surface area (Å²) in [5.74, 6) is -0.400. The van der Waals surface area contributed by atoms with Gasteiger partial charge in [0.1, 0.15) is 0 Å². The van der Waals surface area contributed by atoms with Gasteiger partial charge in [-0.1, -0.05) is 55.9 Å². The van der Waals surface area contributed by atoms with Crippen LogP contribution in [-0.2, 0) is 39.1 Å². The molecular weight excluding hydrogens is 483 g/mol. The molecule has 3 N–H and O–H groups in total. The maximum Gasteiger partial charge on any atom is 0.475 e. The maximum absolute atomic E-state index is 12.9. The van der Waals surface area contributed by atoms with Gasteiger partial charge in [-0.05, 0) is 12.5 Å². The standard InChI is InChI=1S/C22H33N2O8PS/c1-16(25)13-19(27)34-12-11-23-18(26)9-10-24-21(28)20-22(2,3)15-31-33(29,32-20)30-14-17-7-5-4-6-8-17/h4-8,16,20,25H,9-15H2,1-3H3,(H,23,26)(H,24,28)/t16-,20-,33?/m1/s1. The molecule has 0 bridgehead atoms. The zero-order valence-electron chi connectivity index (χ0n) is 19.7. The van der Waals surface area contributed by atoms with E-state index in [2.05, 4.69) is 10.6 Å². The summed E-state index contributed by atoms with van der Waals surface area (Å²) < 4.78 is 29.1. The Bertz CT molecular complexity index is 881. The minimum Gasteiger partial charge on any atom is -0.393 e. The summed E-state index contributed by atoms with van der Waals surface area (Å²) in [5.41, 5.74) is 0.0270. The SMILES string of the molecule is C[C@@H](O)CC(=O)SCCNC(=O)CCNC(=O)[C@H]1OP(=O)(OCc2ccccc2)OCC1(C)C. The number of hydrogen-bond acceptors (Lipinski definition) is 9. The molecule has 1 saturated heterocycles. The van der Waals surface area contributed by atoms with Crippen molar-refractivity contribution >= 4 is 36.5 Å². The van der Waals surface area contributed by atoms with Crippen molar-refractivity contribution in [2.45, 2.75) is 52.4 Å². The number of benzene rings is 1. The first-order valence-electron chi connectivity index (χ1n) is 11.0. The van der Waals surface area contributed by atoms with Gasteiger partial charge >= 0.3 is 7.82 Å². The van der Waals surface area contributed by atoms with Crippen LogP contribution in [0.15, 0.2) is 30.3 Å².